The molecule has 2 aromatic carbocycles. The van der Waals surface area contributed by atoms with Crippen LogP contribution >= 0.6 is 23.2 Å². The SMILES string of the molecule is CNC1CC[C@@H](c2ccc(Cl)c(Cl)c2)c2ccc(C(=O)OC)cc21. The highest BCUT2D eigenvalue weighted by molar-refractivity contribution is 6.42. The summed E-state index contributed by atoms with van der Waals surface area (Å²) in [6.07, 6.45) is 1.99. The van der Waals surface area contributed by atoms with Gasteiger partial charge in [0.25, 0.3) is 0 Å². The van der Waals surface area contributed by atoms with Crippen LogP contribution in [0.1, 0.15) is 51.8 Å². The second-order valence-corrected chi connectivity index (χ2v) is 6.79. The fraction of sp³-hybridized carbons (Fsp3) is 0.316. The van der Waals surface area contributed by atoms with Gasteiger partial charge >= 0.3 is 5.97 Å². The van der Waals surface area contributed by atoms with E-state index in [1.54, 1.807) is 0 Å². The highest BCUT2D eigenvalue weighted by Crippen LogP contribution is 2.42. The van der Waals surface area contributed by atoms with E-state index in [0.717, 1.165) is 24.0 Å². The van der Waals surface area contributed by atoms with E-state index < -0.39 is 0 Å². The molecule has 0 fully saturated rings. The molecule has 0 aliphatic heterocycles. The van der Waals surface area contributed by atoms with Gasteiger partial charge in [0.05, 0.1) is 22.7 Å². The monoisotopic (exact) mass is 363 g/mol. The zero-order valence-electron chi connectivity index (χ0n) is 13.6. The Hall–Kier alpha value is -1.55. The predicted octanol–water partition coefficient (Wildman–Crippen LogP) is 4.97. The van der Waals surface area contributed by atoms with E-state index in [9.17, 15) is 4.79 Å². The molecule has 0 spiro atoms. The van der Waals surface area contributed by atoms with E-state index in [4.69, 9.17) is 27.9 Å². The van der Waals surface area contributed by atoms with Gasteiger partial charge in [-0.1, -0.05) is 35.3 Å². The number of halogens is 2. The maximum Gasteiger partial charge on any atom is 0.337 e. The molecule has 1 aliphatic rings. The van der Waals surface area contributed by atoms with Crippen LogP contribution in [0, 0.1) is 0 Å². The van der Waals surface area contributed by atoms with Crippen molar-refractivity contribution in [3.8, 4) is 0 Å². The van der Waals surface area contributed by atoms with Gasteiger partial charge in [-0.05, 0) is 60.8 Å². The van der Waals surface area contributed by atoms with Gasteiger partial charge in [0, 0.05) is 12.0 Å². The van der Waals surface area contributed by atoms with E-state index in [0.29, 0.717) is 15.6 Å². The molecule has 24 heavy (non-hydrogen) atoms. The fourth-order valence-electron chi connectivity index (χ4n) is 3.46. The van der Waals surface area contributed by atoms with Gasteiger partial charge < -0.3 is 10.1 Å². The molecule has 3 rings (SSSR count). The lowest BCUT2D eigenvalue weighted by atomic mass is 9.76. The molecule has 0 bridgehead atoms. The number of fused-ring (bicyclic) bond motifs is 1. The third-order valence-corrected chi connectivity index (χ3v) is 5.44. The summed E-state index contributed by atoms with van der Waals surface area (Å²) in [5, 5.41) is 4.47. The van der Waals surface area contributed by atoms with Gasteiger partial charge in [-0.15, -0.1) is 0 Å². The lowest BCUT2D eigenvalue weighted by Gasteiger charge is -2.32. The average molecular weight is 364 g/mol. The molecular weight excluding hydrogens is 345 g/mol. The highest BCUT2D eigenvalue weighted by atomic mass is 35.5. The van der Waals surface area contributed by atoms with Gasteiger partial charge in [0.2, 0.25) is 0 Å². The number of methoxy groups -OCH3 is 1. The first-order valence-corrected chi connectivity index (χ1v) is 8.65. The Morgan fingerprint density at radius 1 is 1.08 bits per heavy atom. The molecule has 0 heterocycles. The molecular formula is C19H19Cl2NO2. The lowest BCUT2D eigenvalue weighted by Crippen LogP contribution is -2.25. The molecule has 1 N–H and O–H groups in total. The minimum absolute atomic E-state index is 0.226. The largest absolute Gasteiger partial charge is 0.465 e. The van der Waals surface area contributed by atoms with Crippen molar-refractivity contribution in [1.82, 2.24) is 5.32 Å². The molecule has 0 radical (unpaired) electrons. The van der Waals surface area contributed by atoms with Gasteiger partial charge in [0.1, 0.15) is 0 Å². The average Bonchev–Trinajstić information content (AvgIpc) is 2.62. The Morgan fingerprint density at radius 3 is 2.54 bits per heavy atom. The molecule has 0 aromatic heterocycles. The van der Waals surface area contributed by atoms with E-state index in [1.807, 2.05) is 43.4 Å². The quantitative estimate of drug-likeness (QED) is 0.782. The molecule has 0 saturated heterocycles. The molecule has 1 unspecified atom stereocenters. The van der Waals surface area contributed by atoms with E-state index in [1.165, 1.54) is 12.7 Å². The van der Waals surface area contributed by atoms with Crippen molar-refractivity contribution >= 4 is 29.2 Å². The van der Waals surface area contributed by atoms with Crippen molar-refractivity contribution in [2.45, 2.75) is 24.8 Å². The third kappa shape index (κ3) is 3.16. The van der Waals surface area contributed by atoms with Crippen LogP contribution in [0.3, 0.4) is 0 Å². The molecule has 0 saturated carbocycles. The number of carbonyl (C=O) groups excluding carboxylic acids is 1. The Bertz CT molecular complexity index is 776. The van der Waals surface area contributed by atoms with Crippen LogP contribution in [0.25, 0.3) is 0 Å². The standard InChI is InChI=1S/C19H19Cl2NO2/c1-22-18-8-6-13(11-4-7-16(20)17(21)10-11)14-5-3-12(9-15(14)18)19(23)24-2/h3-5,7,9-10,13,18,22H,6,8H2,1-2H3/t13-,18?/m0/s1. The predicted molar refractivity (Wildman–Crippen MR) is 97.1 cm³/mol. The zero-order chi connectivity index (χ0) is 17.3. The van der Waals surface area contributed by atoms with Crippen LogP contribution in [0.5, 0.6) is 0 Å². The minimum Gasteiger partial charge on any atom is -0.465 e. The molecule has 126 valence electrons. The number of rotatable bonds is 3. The van der Waals surface area contributed by atoms with Crippen LogP contribution in [-0.2, 0) is 4.74 Å². The summed E-state index contributed by atoms with van der Waals surface area (Å²) >= 11 is 12.2. The summed E-state index contributed by atoms with van der Waals surface area (Å²) in [6.45, 7) is 0. The smallest absolute Gasteiger partial charge is 0.337 e. The number of hydrogen-bond donors (Lipinski definition) is 1. The second kappa shape index (κ2) is 7.14. The van der Waals surface area contributed by atoms with Crippen LogP contribution < -0.4 is 5.32 Å². The van der Waals surface area contributed by atoms with Crippen molar-refractivity contribution in [2.75, 3.05) is 14.2 Å². The van der Waals surface area contributed by atoms with E-state index >= 15 is 0 Å². The fourth-order valence-corrected chi connectivity index (χ4v) is 3.76. The topological polar surface area (TPSA) is 38.3 Å². The van der Waals surface area contributed by atoms with Crippen LogP contribution in [0.4, 0.5) is 0 Å². The molecule has 0 amide bonds. The van der Waals surface area contributed by atoms with Gasteiger partial charge in [0.15, 0.2) is 0 Å². The Balaban J connectivity index is 2.07. The third-order valence-electron chi connectivity index (χ3n) is 4.70. The Morgan fingerprint density at radius 2 is 1.88 bits per heavy atom. The van der Waals surface area contributed by atoms with Crippen molar-refractivity contribution < 1.29 is 9.53 Å². The lowest BCUT2D eigenvalue weighted by molar-refractivity contribution is 0.0600. The number of carbonyl (C=O) groups is 1. The summed E-state index contributed by atoms with van der Waals surface area (Å²) in [7, 11) is 3.34. The Kier molecular flexibility index (Phi) is 5.14. The minimum atomic E-state index is -0.315. The first kappa shape index (κ1) is 17.3. The summed E-state index contributed by atoms with van der Waals surface area (Å²) in [6, 6.07) is 11.8. The molecule has 5 heteroatoms. The van der Waals surface area contributed by atoms with Crippen LogP contribution in [0.2, 0.25) is 10.0 Å². The van der Waals surface area contributed by atoms with Crippen molar-refractivity contribution in [2.24, 2.45) is 0 Å². The molecule has 1 aliphatic carbocycles. The second-order valence-electron chi connectivity index (χ2n) is 5.98. The normalized spacial score (nSPS) is 19.7. The number of nitrogens with one attached hydrogen (secondary N) is 1. The van der Waals surface area contributed by atoms with E-state index in [2.05, 4.69) is 5.32 Å². The van der Waals surface area contributed by atoms with Crippen molar-refractivity contribution in [1.29, 1.82) is 0 Å². The van der Waals surface area contributed by atoms with Gasteiger partial charge in [-0.25, -0.2) is 4.79 Å². The van der Waals surface area contributed by atoms with Crippen LogP contribution in [0.15, 0.2) is 36.4 Å². The number of benzene rings is 2. The van der Waals surface area contributed by atoms with Gasteiger partial charge in [-0.3, -0.25) is 0 Å². The maximum absolute atomic E-state index is 11.9. The number of ether oxygens (including phenoxy) is 1. The summed E-state index contributed by atoms with van der Waals surface area (Å²) in [5.74, 6) is -0.0737. The molecule has 2 atom stereocenters. The van der Waals surface area contributed by atoms with E-state index in [-0.39, 0.29) is 17.9 Å². The first-order valence-electron chi connectivity index (χ1n) is 7.89. The summed E-state index contributed by atoms with van der Waals surface area (Å²) in [5.41, 5.74) is 4.08. The number of esters is 1. The zero-order valence-corrected chi connectivity index (χ0v) is 15.1. The van der Waals surface area contributed by atoms with Crippen molar-refractivity contribution in [3.63, 3.8) is 0 Å². The summed E-state index contributed by atoms with van der Waals surface area (Å²) in [4.78, 5) is 11.9. The van der Waals surface area contributed by atoms with Crippen LogP contribution in [-0.4, -0.2) is 20.1 Å². The van der Waals surface area contributed by atoms with Crippen molar-refractivity contribution in [3.05, 3.63) is 68.7 Å². The molecule has 3 nitrogen and oxygen atoms in total. The first-order chi connectivity index (χ1) is 11.5. The van der Waals surface area contributed by atoms with Gasteiger partial charge in [-0.2, -0.15) is 0 Å². The maximum atomic E-state index is 11.9. The molecule has 2 aromatic rings. The highest BCUT2D eigenvalue weighted by Gasteiger charge is 2.28. The summed E-state index contributed by atoms with van der Waals surface area (Å²) < 4.78 is 4.85. The Labute approximate surface area is 151 Å². The number of hydrogen-bond acceptors (Lipinski definition) is 3.